The number of para-hydroxylation sites is 1. The Labute approximate surface area is 160 Å². The molecule has 0 saturated carbocycles. The van der Waals surface area contributed by atoms with E-state index in [1.54, 1.807) is 6.26 Å². The summed E-state index contributed by atoms with van der Waals surface area (Å²) in [5, 5.41) is 6.13. The Morgan fingerprint density at radius 1 is 1.00 bits per heavy atom. The summed E-state index contributed by atoms with van der Waals surface area (Å²) in [6.45, 7) is 0. The fourth-order valence-electron chi connectivity index (χ4n) is 3.28. The van der Waals surface area contributed by atoms with Gasteiger partial charge in [-0.25, -0.2) is 4.68 Å². The Bertz CT molecular complexity index is 1030. The van der Waals surface area contributed by atoms with Crippen LogP contribution in [0, 0.1) is 0 Å². The molecule has 3 nitrogen and oxygen atoms in total. The highest BCUT2D eigenvalue weighted by Crippen LogP contribution is 2.46. The van der Waals surface area contributed by atoms with E-state index < -0.39 is 0 Å². The number of hydrogen-bond donors (Lipinski definition) is 0. The summed E-state index contributed by atoms with van der Waals surface area (Å²) in [5.74, 6) is 2.41. The normalized spacial score (nSPS) is 15.5. The number of hydrogen-bond acceptors (Lipinski definition) is 4. The van der Waals surface area contributed by atoms with E-state index in [4.69, 9.17) is 9.52 Å². The molecule has 1 saturated heterocycles. The summed E-state index contributed by atoms with van der Waals surface area (Å²) in [6.07, 6.45) is 5.19. The van der Waals surface area contributed by atoms with E-state index in [0.29, 0.717) is 4.58 Å². The molecule has 2 aromatic carbocycles. The molecule has 0 N–H and O–H groups in total. The molecule has 0 aliphatic carbocycles. The second-order valence-electron chi connectivity index (χ2n) is 6.31. The predicted molar refractivity (Wildman–Crippen MR) is 111 cm³/mol. The van der Waals surface area contributed by atoms with Crippen molar-refractivity contribution in [3.63, 3.8) is 0 Å². The van der Waals surface area contributed by atoms with Gasteiger partial charge in [0.05, 0.1) is 22.2 Å². The molecule has 0 atom stereocenters. The van der Waals surface area contributed by atoms with Crippen LogP contribution in [0.3, 0.4) is 0 Å². The molecule has 3 heterocycles. The molecule has 0 amide bonds. The highest BCUT2D eigenvalue weighted by molar-refractivity contribution is 8.16. The minimum atomic E-state index is 0.392. The quantitative estimate of drug-likeness (QED) is 0.427. The second-order valence-corrected chi connectivity index (χ2v) is 9.03. The van der Waals surface area contributed by atoms with Crippen molar-refractivity contribution in [1.82, 2.24) is 9.78 Å². The first-order valence-corrected chi connectivity index (χ1v) is 10.8. The maximum Gasteiger partial charge on any atom is 0.133 e. The number of thioether (sulfide) groups is 2. The van der Waals surface area contributed by atoms with Crippen LogP contribution in [-0.2, 0) is 0 Å². The first-order chi connectivity index (χ1) is 12.9. The maximum absolute atomic E-state index is 5.50. The van der Waals surface area contributed by atoms with Crippen LogP contribution >= 0.6 is 23.5 Å². The van der Waals surface area contributed by atoms with Gasteiger partial charge >= 0.3 is 0 Å². The summed E-state index contributed by atoms with van der Waals surface area (Å²) in [6, 6.07) is 18.7. The lowest BCUT2D eigenvalue weighted by Gasteiger charge is -2.20. The van der Waals surface area contributed by atoms with Crippen molar-refractivity contribution in [2.75, 3.05) is 11.5 Å². The van der Waals surface area contributed by atoms with Crippen molar-refractivity contribution < 1.29 is 4.42 Å². The van der Waals surface area contributed by atoms with E-state index in [1.807, 2.05) is 40.3 Å². The topological polar surface area (TPSA) is 31.0 Å². The molecule has 0 spiro atoms. The SMILES string of the molecule is c1ccc(-n2cc(-c3ccc4occc4c3)c(C3SCCCS3)n2)cc1. The average Bonchev–Trinajstić information content (AvgIpc) is 3.36. The van der Waals surface area contributed by atoms with Crippen LogP contribution in [0.25, 0.3) is 27.8 Å². The summed E-state index contributed by atoms with van der Waals surface area (Å²) in [5.41, 5.74) is 5.60. The van der Waals surface area contributed by atoms with Crippen LogP contribution < -0.4 is 0 Å². The number of benzene rings is 2. The van der Waals surface area contributed by atoms with Gasteiger partial charge < -0.3 is 4.42 Å². The van der Waals surface area contributed by atoms with Crippen molar-refractivity contribution in [2.24, 2.45) is 0 Å². The van der Waals surface area contributed by atoms with E-state index in [2.05, 4.69) is 48.7 Å². The fraction of sp³-hybridized carbons (Fsp3) is 0.190. The molecule has 130 valence electrons. The van der Waals surface area contributed by atoms with Crippen molar-refractivity contribution >= 4 is 34.5 Å². The monoisotopic (exact) mass is 378 g/mol. The van der Waals surface area contributed by atoms with Gasteiger partial charge in [0.2, 0.25) is 0 Å². The Kier molecular flexibility index (Phi) is 4.27. The van der Waals surface area contributed by atoms with Gasteiger partial charge in [-0.05, 0) is 53.8 Å². The lowest BCUT2D eigenvalue weighted by atomic mass is 10.1. The summed E-state index contributed by atoms with van der Waals surface area (Å²) < 4.78 is 7.91. The standard InChI is InChI=1S/C21H18N2OS2/c1-2-5-17(6-3-1)23-14-18(20(22-23)21-25-11-4-12-26-21)15-7-8-19-16(13-15)9-10-24-19/h1-3,5-10,13-14,21H,4,11-12H2. The number of furan rings is 1. The zero-order chi connectivity index (χ0) is 17.3. The van der Waals surface area contributed by atoms with E-state index in [-0.39, 0.29) is 0 Å². The van der Waals surface area contributed by atoms with Gasteiger partial charge in [0.1, 0.15) is 5.58 Å². The lowest BCUT2D eigenvalue weighted by Crippen LogP contribution is -2.03. The third kappa shape index (κ3) is 2.95. The molecule has 1 aliphatic heterocycles. The second kappa shape index (κ2) is 6.89. The average molecular weight is 379 g/mol. The molecule has 5 heteroatoms. The number of fused-ring (bicyclic) bond motifs is 1. The zero-order valence-corrected chi connectivity index (χ0v) is 15.8. The van der Waals surface area contributed by atoms with Crippen molar-refractivity contribution in [3.8, 4) is 16.8 Å². The van der Waals surface area contributed by atoms with Gasteiger partial charge in [0.25, 0.3) is 0 Å². The third-order valence-corrected chi connectivity index (χ3v) is 7.49. The first kappa shape index (κ1) is 16.1. The van der Waals surface area contributed by atoms with Crippen molar-refractivity contribution in [2.45, 2.75) is 11.0 Å². The largest absolute Gasteiger partial charge is 0.464 e. The van der Waals surface area contributed by atoms with E-state index in [1.165, 1.54) is 34.7 Å². The molecular formula is C21H18N2OS2. The van der Waals surface area contributed by atoms with E-state index >= 15 is 0 Å². The lowest BCUT2D eigenvalue weighted by molar-refractivity contribution is 0.616. The van der Waals surface area contributed by atoms with Gasteiger partial charge in [0.15, 0.2) is 0 Å². The molecular weight excluding hydrogens is 360 g/mol. The van der Waals surface area contributed by atoms with Gasteiger partial charge in [-0.15, -0.1) is 23.5 Å². The molecule has 0 unspecified atom stereocenters. The fourth-order valence-corrected chi connectivity index (χ4v) is 6.14. The Balaban J connectivity index is 1.65. The molecule has 0 bridgehead atoms. The van der Waals surface area contributed by atoms with Crippen LogP contribution in [-0.4, -0.2) is 21.3 Å². The molecule has 1 aliphatic rings. The summed E-state index contributed by atoms with van der Waals surface area (Å²) in [4.78, 5) is 0. The zero-order valence-electron chi connectivity index (χ0n) is 14.2. The smallest absolute Gasteiger partial charge is 0.133 e. The summed E-state index contributed by atoms with van der Waals surface area (Å²) in [7, 11) is 0. The van der Waals surface area contributed by atoms with Crippen LogP contribution in [0.1, 0.15) is 16.7 Å². The van der Waals surface area contributed by atoms with Gasteiger partial charge in [-0.3, -0.25) is 0 Å². The van der Waals surface area contributed by atoms with Crippen LogP contribution in [0.4, 0.5) is 0 Å². The van der Waals surface area contributed by atoms with Gasteiger partial charge in [-0.1, -0.05) is 24.3 Å². The maximum atomic E-state index is 5.50. The molecule has 5 rings (SSSR count). The van der Waals surface area contributed by atoms with Gasteiger partial charge in [0, 0.05) is 17.1 Å². The predicted octanol–water partition coefficient (Wildman–Crippen LogP) is 6.15. The van der Waals surface area contributed by atoms with Crippen molar-refractivity contribution in [1.29, 1.82) is 0 Å². The summed E-state index contributed by atoms with van der Waals surface area (Å²) >= 11 is 4.02. The Morgan fingerprint density at radius 2 is 1.85 bits per heavy atom. The minimum absolute atomic E-state index is 0.392. The highest BCUT2D eigenvalue weighted by Gasteiger charge is 2.24. The molecule has 1 fully saturated rings. The molecule has 4 aromatic rings. The van der Waals surface area contributed by atoms with E-state index in [9.17, 15) is 0 Å². The molecule has 26 heavy (non-hydrogen) atoms. The highest BCUT2D eigenvalue weighted by atomic mass is 32.2. The molecule has 2 aromatic heterocycles. The van der Waals surface area contributed by atoms with Crippen LogP contribution in [0.5, 0.6) is 0 Å². The minimum Gasteiger partial charge on any atom is -0.464 e. The number of nitrogens with zero attached hydrogens (tertiary/aromatic N) is 2. The Hall–Kier alpha value is -2.11. The first-order valence-electron chi connectivity index (χ1n) is 8.74. The van der Waals surface area contributed by atoms with Crippen molar-refractivity contribution in [3.05, 3.63) is 72.8 Å². The van der Waals surface area contributed by atoms with Gasteiger partial charge in [-0.2, -0.15) is 5.10 Å². The molecule has 0 radical (unpaired) electrons. The van der Waals surface area contributed by atoms with E-state index in [0.717, 1.165) is 16.7 Å². The third-order valence-electron chi connectivity index (χ3n) is 4.58. The number of rotatable bonds is 3. The number of aromatic nitrogens is 2. The van der Waals surface area contributed by atoms with Crippen LogP contribution in [0.2, 0.25) is 0 Å². The Morgan fingerprint density at radius 3 is 2.69 bits per heavy atom. The van der Waals surface area contributed by atoms with Crippen LogP contribution in [0.15, 0.2) is 71.5 Å².